The van der Waals surface area contributed by atoms with Gasteiger partial charge in [-0.25, -0.2) is 4.68 Å². The van der Waals surface area contributed by atoms with Crippen molar-refractivity contribution in [3.05, 3.63) is 42.2 Å². The lowest BCUT2D eigenvalue weighted by Gasteiger charge is -2.14. The maximum Gasteiger partial charge on any atom is 0.418 e. The Morgan fingerprint density at radius 3 is 2.63 bits per heavy atom. The third kappa shape index (κ3) is 2.93. The molecule has 1 amide bonds. The number of anilines is 1. The van der Waals surface area contributed by atoms with Gasteiger partial charge in [-0.15, -0.1) is 0 Å². The van der Waals surface area contributed by atoms with Crippen molar-refractivity contribution in [2.45, 2.75) is 13.1 Å². The number of benzene rings is 1. The second kappa shape index (κ2) is 4.75. The molecule has 0 fully saturated rings. The molecule has 2 rings (SSSR count). The highest BCUT2D eigenvalue weighted by atomic mass is 19.4. The molecule has 0 atom stereocenters. The predicted octanol–water partition coefficient (Wildman–Crippen LogP) is 2.85. The summed E-state index contributed by atoms with van der Waals surface area (Å²) in [5.41, 5.74) is -0.857. The molecule has 1 N–H and O–H groups in total. The standard InChI is InChI=1S/C12H10F3N3O/c1-8(19)17-9-3-4-11(18-6-2-5-16-18)10(7-9)12(13,14)15/h2-7H,1H3,(H,17,19). The number of carbonyl (C=O) groups excluding carboxylic acids is 1. The smallest absolute Gasteiger partial charge is 0.326 e. The highest BCUT2D eigenvalue weighted by molar-refractivity contribution is 5.88. The van der Waals surface area contributed by atoms with E-state index < -0.39 is 17.6 Å². The molecule has 100 valence electrons. The molecule has 0 aliphatic heterocycles. The minimum absolute atomic E-state index is 0.0911. The monoisotopic (exact) mass is 269 g/mol. The Kier molecular flexibility index (Phi) is 3.28. The van der Waals surface area contributed by atoms with E-state index in [1.165, 1.54) is 37.5 Å². The first-order valence-corrected chi connectivity index (χ1v) is 5.37. The average molecular weight is 269 g/mol. The lowest BCUT2D eigenvalue weighted by Crippen LogP contribution is -2.13. The first-order chi connectivity index (χ1) is 8.88. The van der Waals surface area contributed by atoms with E-state index in [9.17, 15) is 18.0 Å². The van der Waals surface area contributed by atoms with Crippen LogP contribution in [0.15, 0.2) is 36.7 Å². The molecule has 4 nitrogen and oxygen atoms in total. The summed E-state index contributed by atoms with van der Waals surface area (Å²) in [6.07, 6.45) is -1.72. The quantitative estimate of drug-likeness (QED) is 0.911. The Hall–Kier alpha value is -2.31. The molecule has 2 aromatic rings. The van der Waals surface area contributed by atoms with E-state index in [0.717, 1.165) is 10.7 Å². The molecule has 0 spiro atoms. The van der Waals surface area contributed by atoms with Gasteiger partial charge in [-0.2, -0.15) is 18.3 Å². The van der Waals surface area contributed by atoms with Crippen LogP contribution < -0.4 is 5.32 Å². The zero-order valence-electron chi connectivity index (χ0n) is 9.90. The largest absolute Gasteiger partial charge is 0.418 e. The number of aromatic nitrogens is 2. The minimum atomic E-state index is -4.53. The fraction of sp³-hybridized carbons (Fsp3) is 0.167. The number of halogens is 3. The third-order valence-corrected chi connectivity index (χ3v) is 2.37. The Morgan fingerprint density at radius 2 is 2.11 bits per heavy atom. The van der Waals surface area contributed by atoms with Crippen molar-refractivity contribution in [3.8, 4) is 5.69 Å². The van der Waals surface area contributed by atoms with Gasteiger partial charge in [-0.05, 0) is 24.3 Å². The van der Waals surface area contributed by atoms with Gasteiger partial charge in [0, 0.05) is 25.0 Å². The van der Waals surface area contributed by atoms with Crippen LogP contribution in [0.4, 0.5) is 18.9 Å². The fourth-order valence-corrected chi connectivity index (χ4v) is 1.66. The normalized spacial score (nSPS) is 11.4. The number of hydrogen-bond donors (Lipinski definition) is 1. The number of amides is 1. The van der Waals surface area contributed by atoms with Gasteiger partial charge in [-0.1, -0.05) is 0 Å². The van der Waals surface area contributed by atoms with Gasteiger partial charge in [0.15, 0.2) is 0 Å². The number of hydrogen-bond acceptors (Lipinski definition) is 2. The first-order valence-electron chi connectivity index (χ1n) is 5.37. The van der Waals surface area contributed by atoms with Gasteiger partial charge < -0.3 is 5.32 Å². The van der Waals surface area contributed by atoms with Crippen molar-refractivity contribution in [1.29, 1.82) is 0 Å². The number of nitrogens with zero attached hydrogens (tertiary/aromatic N) is 2. The Bertz CT molecular complexity index is 591. The molecular weight excluding hydrogens is 259 g/mol. The summed E-state index contributed by atoms with van der Waals surface area (Å²) >= 11 is 0. The fourth-order valence-electron chi connectivity index (χ4n) is 1.66. The van der Waals surface area contributed by atoms with Crippen LogP contribution in [0.1, 0.15) is 12.5 Å². The topological polar surface area (TPSA) is 46.9 Å². The molecule has 0 unspecified atom stereocenters. The molecule has 0 radical (unpaired) electrons. The van der Waals surface area contributed by atoms with E-state index in [0.29, 0.717) is 0 Å². The molecule has 1 heterocycles. The summed E-state index contributed by atoms with van der Waals surface area (Å²) < 4.78 is 40.1. The van der Waals surface area contributed by atoms with E-state index in [2.05, 4.69) is 10.4 Å². The maximum absolute atomic E-state index is 13.0. The zero-order valence-corrected chi connectivity index (χ0v) is 9.90. The zero-order chi connectivity index (χ0) is 14.0. The number of rotatable bonds is 2. The van der Waals surface area contributed by atoms with Crippen molar-refractivity contribution in [1.82, 2.24) is 9.78 Å². The van der Waals surface area contributed by atoms with Gasteiger partial charge in [0.2, 0.25) is 5.91 Å². The van der Waals surface area contributed by atoms with Crippen LogP contribution in [0.25, 0.3) is 5.69 Å². The predicted molar refractivity (Wildman–Crippen MR) is 62.9 cm³/mol. The van der Waals surface area contributed by atoms with Crippen LogP contribution in [0.3, 0.4) is 0 Å². The molecule has 19 heavy (non-hydrogen) atoms. The summed E-state index contributed by atoms with van der Waals surface area (Å²) in [5, 5.41) is 6.10. The second-order valence-electron chi connectivity index (χ2n) is 3.86. The summed E-state index contributed by atoms with van der Waals surface area (Å²) in [6, 6.07) is 5.08. The van der Waals surface area contributed by atoms with Crippen LogP contribution in [0.5, 0.6) is 0 Å². The van der Waals surface area contributed by atoms with Crippen LogP contribution in [-0.4, -0.2) is 15.7 Å². The molecule has 1 aromatic carbocycles. The van der Waals surface area contributed by atoms with Crippen LogP contribution in [0, 0.1) is 0 Å². The average Bonchev–Trinajstić information content (AvgIpc) is 2.80. The Morgan fingerprint density at radius 1 is 1.37 bits per heavy atom. The maximum atomic E-state index is 13.0. The molecule has 7 heteroatoms. The van der Waals surface area contributed by atoms with Gasteiger partial charge in [0.25, 0.3) is 0 Å². The molecular formula is C12H10F3N3O. The van der Waals surface area contributed by atoms with Crippen molar-refractivity contribution >= 4 is 11.6 Å². The van der Waals surface area contributed by atoms with Gasteiger partial charge >= 0.3 is 6.18 Å². The molecule has 1 aromatic heterocycles. The van der Waals surface area contributed by atoms with Gasteiger partial charge in [-0.3, -0.25) is 4.79 Å². The van der Waals surface area contributed by atoms with Gasteiger partial charge in [0.1, 0.15) is 0 Å². The highest BCUT2D eigenvalue weighted by Gasteiger charge is 2.34. The molecule has 0 bridgehead atoms. The van der Waals surface area contributed by atoms with Gasteiger partial charge in [0.05, 0.1) is 11.3 Å². The van der Waals surface area contributed by atoms with Crippen LogP contribution in [-0.2, 0) is 11.0 Å². The van der Waals surface area contributed by atoms with Crippen molar-refractivity contribution in [2.24, 2.45) is 0 Å². The molecule has 0 saturated carbocycles. The Balaban J connectivity index is 2.53. The third-order valence-electron chi connectivity index (χ3n) is 2.37. The summed E-state index contributed by atoms with van der Waals surface area (Å²) in [4.78, 5) is 10.9. The second-order valence-corrected chi connectivity index (χ2v) is 3.86. The van der Waals surface area contributed by atoms with Crippen LogP contribution >= 0.6 is 0 Å². The highest BCUT2D eigenvalue weighted by Crippen LogP contribution is 2.35. The number of alkyl halides is 3. The summed E-state index contributed by atoms with van der Waals surface area (Å²) in [7, 11) is 0. The van der Waals surface area contributed by atoms with E-state index in [1.54, 1.807) is 0 Å². The molecule has 0 aliphatic carbocycles. The van der Waals surface area contributed by atoms with Crippen molar-refractivity contribution in [3.63, 3.8) is 0 Å². The molecule has 0 aliphatic rings. The summed E-state index contributed by atoms with van der Waals surface area (Å²) in [6.45, 7) is 1.23. The number of carbonyl (C=O) groups is 1. The SMILES string of the molecule is CC(=O)Nc1ccc(-n2cccn2)c(C(F)(F)F)c1. The van der Waals surface area contributed by atoms with E-state index in [-0.39, 0.29) is 11.4 Å². The molecule has 0 saturated heterocycles. The first kappa shape index (κ1) is 13.1. The van der Waals surface area contributed by atoms with Crippen molar-refractivity contribution in [2.75, 3.05) is 5.32 Å². The lowest BCUT2D eigenvalue weighted by atomic mass is 10.1. The van der Waals surface area contributed by atoms with Crippen molar-refractivity contribution < 1.29 is 18.0 Å². The van der Waals surface area contributed by atoms with E-state index in [4.69, 9.17) is 0 Å². The Labute approximate surface area is 106 Å². The summed E-state index contributed by atoms with van der Waals surface area (Å²) in [5.74, 6) is -0.431. The number of nitrogens with one attached hydrogen (secondary N) is 1. The minimum Gasteiger partial charge on any atom is -0.326 e. The van der Waals surface area contributed by atoms with E-state index in [1.807, 2.05) is 0 Å². The van der Waals surface area contributed by atoms with E-state index >= 15 is 0 Å². The lowest BCUT2D eigenvalue weighted by molar-refractivity contribution is -0.137. The van der Waals surface area contributed by atoms with Crippen LogP contribution in [0.2, 0.25) is 0 Å².